The van der Waals surface area contributed by atoms with Gasteiger partial charge in [0, 0.05) is 5.56 Å². The normalized spacial score (nSPS) is 15.1. The number of carbonyl (C=O) groups excluding carboxylic acids is 3. The minimum Gasteiger partial charge on any atom is -0.507 e. The fraction of sp³-hybridized carbons (Fsp3) is 0.200. The maximum atomic E-state index is 13.9. The van der Waals surface area contributed by atoms with Crippen molar-refractivity contribution in [2.75, 3.05) is 18.6 Å². The van der Waals surface area contributed by atoms with E-state index in [1.165, 1.54) is 12.0 Å². The average Bonchev–Trinajstić information content (AvgIpc) is 3.66. The Morgan fingerprint density at radius 3 is 2.31 bits per heavy atom. The highest BCUT2D eigenvalue weighted by Crippen LogP contribution is 2.45. The number of ketones is 1. The third kappa shape index (κ3) is 7.34. The van der Waals surface area contributed by atoms with Gasteiger partial charge in [0.25, 0.3) is 5.78 Å². The number of hydrogen-bond donors (Lipinski definition) is 1. The quantitative estimate of drug-likeness (QED) is 0.0601. The first kappa shape index (κ1) is 34.9. The minimum absolute atomic E-state index is 0.102. The van der Waals surface area contributed by atoms with E-state index in [0.717, 1.165) is 28.0 Å². The zero-order valence-corrected chi connectivity index (χ0v) is 29.4. The third-order valence-electron chi connectivity index (χ3n) is 8.42. The fourth-order valence-electron chi connectivity index (χ4n) is 5.72. The van der Waals surface area contributed by atoms with Gasteiger partial charge in [-0.15, -0.1) is 0 Å². The maximum Gasteiger partial charge on any atom is 0.350 e. The van der Waals surface area contributed by atoms with E-state index < -0.39 is 23.7 Å². The molecule has 1 N–H and O–H groups in total. The van der Waals surface area contributed by atoms with Gasteiger partial charge >= 0.3 is 11.9 Å². The van der Waals surface area contributed by atoms with Gasteiger partial charge in [-0.3, -0.25) is 14.5 Å². The van der Waals surface area contributed by atoms with Crippen LogP contribution in [0.25, 0.3) is 5.76 Å². The Labute approximate surface area is 299 Å². The average molecular weight is 705 g/mol. The van der Waals surface area contributed by atoms with Crippen molar-refractivity contribution >= 4 is 39.9 Å². The van der Waals surface area contributed by atoms with E-state index in [1.807, 2.05) is 61.5 Å². The molecule has 1 amide bonds. The number of aromatic nitrogens is 1. The van der Waals surface area contributed by atoms with E-state index in [1.54, 1.807) is 56.3 Å². The standard InChI is InChI=1S/C40H36N2O8S/c1-5-48-39(46)37-25(3)41-40(51-37)42-34(28-17-20-31(32(21-28)47-4)50-22-26-12-7-6-8-13-26)33(36(44)38(42)45)35(43)27-15-18-30(19-16-27)49-23-29-14-10-9-11-24(29)2/h6-21,34,43H,5,22-23H2,1-4H3/b35-33+. The number of nitrogens with zero attached hydrogens (tertiary/aromatic N) is 2. The molecule has 11 heteroatoms. The van der Waals surface area contributed by atoms with E-state index in [-0.39, 0.29) is 34.6 Å². The lowest BCUT2D eigenvalue weighted by molar-refractivity contribution is -0.132. The minimum atomic E-state index is -1.13. The Bertz CT molecular complexity index is 2110. The summed E-state index contributed by atoms with van der Waals surface area (Å²) in [7, 11) is 1.49. The van der Waals surface area contributed by atoms with Gasteiger partial charge in [-0.25, -0.2) is 9.78 Å². The lowest BCUT2D eigenvalue weighted by atomic mass is 9.95. The number of benzene rings is 4. The summed E-state index contributed by atoms with van der Waals surface area (Å²) in [5, 5.41) is 11.8. The highest BCUT2D eigenvalue weighted by Gasteiger charge is 2.48. The summed E-state index contributed by atoms with van der Waals surface area (Å²) in [6.45, 7) is 6.13. The largest absolute Gasteiger partial charge is 0.507 e. The number of methoxy groups -OCH3 is 1. The molecule has 10 nitrogen and oxygen atoms in total. The number of ether oxygens (including phenoxy) is 4. The van der Waals surface area contributed by atoms with Crippen LogP contribution in [0.5, 0.6) is 17.2 Å². The number of hydrogen-bond acceptors (Lipinski definition) is 10. The van der Waals surface area contributed by atoms with E-state index in [2.05, 4.69) is 4.98 Å². The number of anilines is 1. The maximum absolute atomic E-state index is 13.9. The number of aryl methyl sites for hydroxylation is 2. The van der Waals surface area contributed by atoms with Crippen molar-refractivity contribution in [2.45, 2.75) is 40.0 Å². The van der Waals surface area contributed by atoms with Crippen LogP contribution in [0, 0.1) is 13.8 Å². The number of aliphatic hydroxyl groups excluding tert-OH is 1. The van der Waals surface area contributed by atoms with Gasteiger partial charge in [-0.05, 0) is 79.4 Å². The van der Waals surface area contributed by atoms with Gasteiger partial charge in [0.05, 0.1) is 31.0 Å². The molecule has 2 heterocycles. The van der Waals surface area contributed by atoms with Crippen LogP contribution in [0.1, 0.15) is 56.1 Å². The number of thiazole rings is 1. The summed E-state index contributed by atoms with van der Waals surface area (Å²) in [5.74, 6) is -1.43. The van der Waals surface area contributed by atoms with Crippen LogP contribution in [0.2, 0.25) is 0 Å². The van der Waals surface area contributed by atoms with Crippen molar-refractivity contribution < 1.29 is 38.4 Å². The van der Waals surface area contributed by atoms with Crippen LogP contribution in [-0.4, -0.2) is 41.5 Å². The van der Waals surface area contributed by atoms with Crippen LogP contribution in [0.4, 0.5) is 5.13 Å². The van der Waals surface area contributed by atoms with Gasteiger partial charge in [-0.1, -0.05) is 72.0 Å². The molecule has 0 saturated carbocycles. The van der Waals surface area contributed by atoms with Crippen molar-refractivity contribution in [3.8, 4) is 17.2 Å². The Balaban J connectivity index is 1.39. The van der Waals surface area contributed by atoms with Gasteiger partial charge in [0.1, 0.15) is 29.6 Å². The molecule has 0 radical (unpaired) electrons. The Morgan fingerprint density at radius 1 is 0.882 bits per heavy atom. The Kier molecular flexibility index (Phi) is 10.5. The predicted octanol–water partition coefficient (Wildman–Crippen LogP) is 7.73. The van der Waals surface area contributed by atoms with Crippen LogP contribution >= 0.6 is 11.3 Å². The van der Waals surface area contributed by atoms with Crippen molar-refractivity contribution in [3.05, 3.63) is 141 Å². The molecular formula is C40H36N2O8S. The second-order valence-corrected chi connectivity index (χ2v) is 12.7. The molecule has 0 bridgehead atoms. The summed E-state index contributed by atoms with van der Waals surface area (Å²) >= 11 is 0.934. The van der Waals surface area contributed by atoms with Crippen molar-refractivity contribution in [2.24, 2.45) is 0 Å². The zero-order valence-electron chi connectivity index (χ0n) is 28.5. The van der Waals surface area contributed by atoms with Gasteiger partial charge in [0.15, 0.2) is 16.6 Å². The smallest absolute Gasteiger partial charge is 0.350 e. The zero-order chi connectivity index (χ0) is 36.1. The van der Waals surface area contributed by atoms with Gasteiger partial charge in [-0.2, -0.15) is 0 Å². The first-order chi connectivity index (χ1) is 24.7. The Morgan fingerprint density at radius 2 is 1.61 bits per heavy atom. The molecule has 0 spiro atoms. The van der Waals surface area contributed by atoms with Crippen LogP contribution < -0.4 is 19.1 Å². The topological polar surface area (TPSA) is 124 Å². The van der Waals surface area contributed by atoms with E-state index in [4.69, 9.17) is 18.9 Å². The van der Waals surface area contributed by atoms with Crippen LogP contribution in [0.3, 0.4) is 0 Å². The highest BCUT2D eigenvalue weighted by atomic mass is 32.1. The van der Waals surface area contributed by atoms with E-state index >= 15 is 0 Å². The van der Waals surface area contributed by atoms with Gasteiger partial charge in [0.2, 0.25) is 0 Å². The highest BCUT2D eigenvalue weighted by molar-refractivity contribution is 7.17. The molecule has 1 aliphatic heterocycles. The molecule has 51 heavy (non-hydrogen) atoms. The number of rotatable bonds is 12. The number of esters is 1. The summed E-state index contributed by atoms with van der Waals surface area (Å²) in [5.41, 5.74) is 4.05. The molecule has 1 saturated heterocycles. The third-order valence-corrected chi connectivity index (χ3v) is 9.56. The SMILES string of the molecule is CCOC(=O)c1sc(N2C(=O)C(=O)/C(=C(/O)c3ccc(OCc4ccccc4C)cc3)C2c2ccc(OCc3ccccc3)c(OC)c2)nc1C. The molecule has 0 aliphatic carbocycles. The molecule has 6 rings (SSSR count). The summed E-state index contributed by atoms with van der Waals surface area (Å²) in [6, 6.07) is 28.1. The molecule has 260 valence electrons. The van der Waals surface area contributed by atoms with Crippen LogP contribution in [0.15, 0.2) is 103 Å². The molecule has 1 unspecified atom stereocenters. The molecule has 1 fully saturated rings. The first-order valence-electron chi connectivity index (χ1n) is 16.3. The molecule has 4 aromatic carbocycles. The summed E-state index contributed by atoms with van der Waals surface area (Å²) < 4.78 is 22.9. The molecule has 1 atom stereocenters. The Hall–Kier alpha value is -5.94. The number of carbonyl (C=O) groups is 3. The molecule has 1 aliphatic rings. The second-order valence-electron chi connectivity index (χ2n) is 11.7. The van der Waals surface area contributed by atoms with Gasteiger partial charge < -0.3 is 24.1 Å². The lowest BCUT2D eigenvalue weighted by Crippen LogP contribution is -2.29. The van der Waals surface area contributed by atoms with E-state index in [0.29, 0.717) is 40.7 Å². The lowest BCUT2D eigenvalue weighted by Gasteiger charge is -2.24. The monoisotopic (exact) mass is 704 g/mol. The number of aliphatic hydroxyl groups is 1. The van der Waals surface area contributed by atoms with Crippen LogP contribution in [-0.2, 0) is 27.5 Å². The summed E-state index contributed by atoms with van der Waals surface area (Å²) in [4.78, 5) is 46.3. The molecule has 5 aromatic rings. The van der Waals surface area contributed by atoms with E-state index in [9.17, 15) is 19.5 Å². The summed E-state index contributed by atoms with van der Waals surface area (Å²) in [6.07, 6.45) is 0. The molecular weight excluding hydrogens is 669 g/mol. The molecule has 1 aromatic heterocycles. The predicted molar refractivity (Wildman–Crippen MR) is 193 cm³/mol. The van der Waals surface area contributed by atoms with Crippen molar-refractivity contribution in [1.29, 1.82) is 0 Å². The fourth-order valence-corrected chi connectivity index (χ4v) is 6.71. The van der Waals surface area contributed by atoms with Crippen molar-refractivity contribution in [1.82, 2.24) is 4.98 Å². The second kappa shape index (κ2) is 15.3. The van der Waals surface area contributed by atoms with Crippen molar-refractivity contribution in [3.63, 3.8) is 0 Å². The number of amides is 1. The number of Topliss-reactive ketones (excluding diaryl/α,β-unsaturated/α-hetero) is 1. The first-order valence-corrected chi connectivity index (χ1v) is 17.1.